The molecule has 3 nitrogen and oxygen atoms in total. The summed E-state index contributed by atoms with van der Waals surface area (Å²) in [6.45, 7) is 4.84. The van der Waals surface area contributed by atoms with Crippen molar-refractivity contribution < 1.29 is 9.53 Å². The number of ketones is 1. The molecule has 1 saturated heterocycles. The fourth-order valence-corrected chi connectivity index (χ4v) is 4.66. The van der Waals surface area contributed by atoms with E-state index in [0.29, 0.717) is 23.2 Å². The minimum Gasteiger partial charge on any atom is -0.492 e. The standard InChI is InChI=1S/C14H19NO2S2/c1-3-4-17-12-7-11(8-15-9-12)13(16)14-10(2)18-5-6-19-14/h7-10,14H,3-6H2,1-2H3. The van der Waals surface area contributed by atoms with Gasteiger partial charge in [-0.05, 0) is 12.5 Å². The molecule has 19 heavy (non-hydrogen) atoms. The summed E-state index contributed by atoms with van der Waals surface area (Å²) in [5.41, 5.74) is 0.667. The Hall–Kier alpha value is -0.680. The number of nitrogens with zero attached hydrogens (tertiary/aromatic N) is 1. The third-order valence-electron chi connectivity index (χ3n) is 2.92. The summed E-state index contributed by atoms with van der Waals surface area (Å²) in [5.74, 6) is 3.05. The van der Waals surface area contributed by atoms with Crippen molar-refractivity contribution in [2.75, 3.05) is 18.1 Å². The molecule has 0 spiro atoms. The Morgan fingerprint density at radius 2 is 2.21 bits per heavy atom. The molecule has 0 radical (unpaired) electrons. The van der Waals surface area contributed by atoms with E-state index >= 15 is 0 Å². The second kappa shape index (κ2) is 7.20. The van der Waals surface area contributed by atoms with Crippen LogP contribution in [0.2, 0.25) is 0 Å². The minimum atomic E-state index is 0.0435. The van der Waals surface area contributed by atoms with E-state index in [-0.39, 0.29) is 11.0 Å². The fourth-order valence-electron chi connectivity index (χ4n) is 1.94. The molecule has 0 aliphatic carbocycles. The van der Waals surface area contributed by atoms with Crippen LogP contribution in [0, 0.1) is 0 Å². The molecule has 0 saturated carbocycles. The predicted octanol–water partition coefficient (Wildman–Crippen LogP) is 3.29. The Bertz CT molecular complexity index is 439. The van der Waals surface area contributed by atoms with Gasteiger partial charge in [-0.15, -0.1) is 11.8 Å². The molecule has 2 heterocycles. The van der Waals surface area contributed by atoms with Gasteiger partial charge in [-0.25, -0.2) is 0 Å². The van der Waals surface area contributed by atoms with Gasteiger partial charge >= 0.3 is 0 Å². The number of carbonyl (C=O) groups excluding carboxylic acids is 1. The molecule has 1 aromatic rings. The first-order valence-electron chi connectivity index (χ1n) is 6.57. The molecular formula is C14H19NO2S2. The maximum atomic E-state index is 12.5. The lowest BCUT2D eigenvalue weighted by Crippen LogP contribution is -2.31. The number of carbonyl (C=O) groups is 1. The van der Waals surface area contributed by atoms with Gasteiger partial charge in [0.05, 0.1) is 18.1 Å². The molecule has 0 bridgehead atoms. The molecule has 5 heteroatoms. The zero-order chi connectivity index (χ0) is 13.7. The van der Waals surface area contributed by atoms with Gasteiger partial charge in [0.15, 0.2) is 5.78 Å². The Labute approximate surface area is 122 Å². The van der Waals surface area contributed by atoms with Crippen LogP contribution in [0.3, 0.4) is 0 Å². The Kier molecular flexibility index (Phi) is 5.58. The average Bonchev–Trinajstić information content (AvgIpc) is 2.45. The molecule has 1 aromatic heterocycles. The molecule has 1 aliphatic heterocycles. The summed E-state index contributed by atoms with van der Waals surface area (Å²) in [6.07, 6.45) is 4.26. The van der Waals surface area contributed by atoms with E-state index in [1.807, 2.05) is 17.8 Å². The van der Waals surface area contributed by atoms with Crippen molar-refractivity contribution >= 4 is 29.3 Å². The highest BCUT2D eigenvalue weighted by molar-refractivity contribution is 8.07. The van der Waals surface area contributed by atoms with Crippen LogP contribution in [0.25, 0.3) is 0 Å². The number of ether oxygens (including phenoxy) is 1. The van der Waals surface area contributed by atoms with Gasteiger partial charge in [-0.2, -0.15) is 11.8 Å². The lowest BCUT2D eigenvalue weighted by Gasteiger charge is -2.26. The number of Topliss-reactive ketones (excluding diaryl/α,β-unsaturated/α-hetero) is 1. The Balaban J connectivity index is 2.09. The van der Waals surface area contributed by atoms with Gasteiger partial charge in [0.1, 0.15) is 5.75 Å². The highest BCUT2D eigenvalue weighted by Crippen LogP contribution is 2.33. The maximum absolute atomic E-state index is 12.5. The smallest absolute Gasteiger partial charge is 0.178 e. The summed E-state index contributed by atoms with van der Waals surface area (Å²) in [7, 11) is 0. The van der Waals surface area contributed by atoms with E-state index in [2.05, 4.69) is 18.8 Å². The number of hydrogen-bond acceptors (Lipinski definition) is 5. The van der Waals surface area contributed by atoms with Crippen LogP contribution in [0.1, 0.15) is 30.6 Å². The van der Waals surface area contributed by atoms with Crippen molar-refractivity contribution in [3.63, 3.8) is 0 Å². The topological polar surface area (TPSA) is 39.2 Å². The molecule has 104 valence electrons. The van der Waals surface area contributed by atoms with Gasteiger partial charge in [-0.1, -0.05) is 13.8 Å². The largest absolute Gasteiger partial charge is 0.492 e. The normalized spacial score (nSPS) is 23.1. The molecule has 0 aromatic carbocycles. The number of pyridine rings is 1. The molecule has 2 rings (SSSR count). The fraction of sp³-hybridized carbons (Fsp3) is 0.571. The summed E-state index contributed by atoms with van der Waals surface area (Å²) in [4.78, 5) is 16.6. The van der Waals surface area contributed by atoms with E-state index in [4.69, 9.17) is 4.74 Å². The number of hydrogen-bond donors (Lipinski definition) is 0. The highest BCUT2D eigenvalue weighted by Gasteiger charge is 2.30. The van der Waals surface area contributed by atoms with Crippen LogP contribution >= 0.6 is 23.5 Å². The second-order valence-corrected chi connectivity index (χ2v) is 7.22. The molecule has 0 N–H and O–H groups in total. The number of aromatic nitrogens is 1. The molecule has 1 aliphatic rings. The second-order valence-electron chi connectivity index (χ2n) is 4.49. The average molecular weight is 297 g/mol. The van der Waals surface area contributed by atoms with Crippen LogP contribution in [-0.4, -0.2) is 39.4 Å². The first kappa shape index (κ1) is 14.7. The Morgan fingerprint density at radius 1 is 1.42 bits per heavy atom. The molecular weight excluding hydrogens is 278 g/mol. The maximum Gasteiger partial charge on any atom is 0.178 e. The SMILES string of the molecule is CCCOc1cncc(C(=O)C2SCCSC2C)c1. The number of rotatable bonds is 5. The van der Waals surface area contributed by atoms with Gasteiger partial charge in [-0.3, -0.25) is 9.78 Å². The molecule has 2 unspecified atom stereocenters. The van der Waals surface area contributed by atoms with Crippen LogP contribution in [0.15, 0.2) is 18.5 Å². The van der Waals surface area contributed by atoms with E-state index in [9.17, 15) is 4.79 Å². The number of thioether (sulfide) groups is 2. The van der Waals surface area contributed by atoms with Crippen molar-refractivity contribution in [1.29, 1.82) is 0 Å². The monoisotopic (exact) mass is 297 g/mol. The van der Waals surface area contributed by atoms with Crippen LogP contribution in [-0.2, 0) is 0 Å². The Morgan fingerprint density at radius 3 is 2.95 bits per heavy atom. The van der Waals surface area contributed by atoms with E-state index in [1.54, 1.807) is 24.2 Å². The lowest BCUT2D eigenvalue weighted by molar-refractivity contribution is 0.0988. The quantitative estimate of drug-likeness (QED) is 0.780. The minimum absolute atomic E-state index is 0.0435. The van der Waals surface area contributed by atoms with Crippen LogP contribution in [0.5, 0.6) is 5.75 Å². The first-order chi connectivity index (χ1) is 9.22. The molecule has 2 atom stereocenters. The summed E-state index contributed by atoms with van der Waals surface area (Å²) >= 11 is 3.63. The predicted molar refractivity (Wildman–Crippen MR) is 82.5 cm³/mol. The van der Waals surface area contributed by atoms with Crippen molar-refractivity contribution in [2.24, 2.45) is 0 Å². The van der Waals surface area contributed by atoms with Gasteiger partial charge < -0.3 is 4.74 Å². The van der Waals surface area contributed by atoms with Crippen molar-refractivity contribution in [3.05, 3.63) is 24.0 Å². The van der Waals surface area contributed by atoms with Crippen molar-refractivity contribution in [2.45, 2.75) is 30.8 Å². The van der Waals surface area contributed by atoms with E-state index < -0.39 is 0 Å². The summed E-state index contributed by atoms with van der Waals surface area (Å²) < 4.78 is 5.53. The first-order valence-corrected chi connectivity index (χ1v) is 8.67. The van der Waals surface area contributed by atoms with E-state index in [1.165, 1.54) is 0 Å². The highest BCUT2D eigenvalue weighted by atomic mass is 32.2. The van der Waals surface area contributed by atoms with Crippen molar-refractivity contribution in [3.8, 4) is 5.75 Å². The zero-order valence-electron chi connectivity index (χ0n) is 11.3. The van der Waals surface area contributed by atoms with Gasteiger partial charge in [0, 0.05) is 28.5 Å². The lowest BCUT2D eigenvalue weighted by atomic mass is 10.1. The zero-order valence-corrected chi connectivity index (χ0v) is 12.9. The van der Waals surface area contributed by atoms with E-state index in [0.717, 1.165) is 17.9 Å². The van der Waals surface area contributed by atoms with Crippen LogP contribution in [0.4, 0.5) is 0 Å². The third-order valence-corrected chi connectivity index (χ3v) is 6.01. The summed E-state index contributed by atoms with van der Waals surface area (Å²) in [5, 5.41) is 0.411. The van der Waals surface area contributed by atoms with Crippen LogP contribution < -0.4 is 4.74 Å². The third kappa shape index (κ3) is 3.89. The van der Waals surface area contributed by atoms with Gasteiger partial charge in [0.25, 0.3) is 0 Å². The summed E-state index contributed by atoms with van der Waals surface area (Å²) in [6, 6.07) is 1.82. The molecule has 1 fully saturated rings. The van der Waals surface area contributed by atoms with Gasteiger partial charge in [0.2, 0.25) is 0 Å². The molecule has 0 amide bonds. The van der Waals surface area contributed by atoms with Crippen molar-refractivity contribution in [1.82, 2.24) is 4.98 Å².